The van der Waals surface area contributed by atoms with E-state index in [2.05, 4.69) is 0 Å². The first-order valence-electron chi connectivity index (χ1n) is 8.37. The molecule has 0 saturated carbocycles. The van der Waals surface area contributed by atoms with Gasteiger partial charge in [-0.3, -0.25) is 4.57 Å². The third-order valence-corrected chi connectivity index (χ3v) is 6.76. The molecule has 0 aromatic heterocycles. The molecule has 1 atom stereocenters. The van der Waals surface area contributed by atoms with Crippen LogP contribution in [0.15, 0.2) is 48.5 Å². The molecule has 1 aliphatic heterocycles. The molecule has 0 radical (unpaired) electrons. The van der Waals surface area contributed by atoms with Gasteiger partial charge in [0, 0.05) is 11.1 Å². The summed E-state index contributed by atoms with van der Waals surface area (Å²) in [6, 6.07) is 16.0. The van der Waals surface area contributed by atoms with Gasteiger partial charge in [-0.05, 0) is 25.0 Å². The van der Waals surface area contributed by atoms with Crippen molar-refractivity contribution in [1.29, 1.82) is 0 Å². The maximum Gasteiger partial charge on any atom is 0.266 e. The number of hydrogen-bond donors (Lipinski definition) is 2. The van der Waals surface area contributed by atoms with Gasteiger partial charge in [0.05, 0.1) is 23.4 Å². The van der Waals surface area contributed by atoms with E-state index in [1.165, 1.54) is 7.11 Å². The van der Waals surface area contributed by atoms with Gasteiger partial charge in [0.1, 0.15) is 5.75 Å². The van der Waals surface area contributed by atoms with Crippen LogP contribution in [0.2, 0.25) is 0 Å². The van der Waals surface area contributed by atoms with E-state index in [-0.39, 0.29) is 0 Å². The minimum absolute atomic E-state index is 0.334. The number of nitrogens with two attached hydrogens (primary N) is 1. The predicted octanol–water partition coefficient (Wildman–Crippen LogP) is 3.76. The van der Waals surface area contributed by atoms with Gasteiger partial charge in [-0.2, -0.15) is 0 Å². The molecule has 1 unspecified atom stereocenters. The summed E-state index contributed by atoms with van der Waals surface area (Å²) in [5.41, 5.74) is 12.3. The van der Waals surface area contributed by atoms with Crippen LogP contribution < -0.4 is 21.1 Å². The highest BCUT2D eigenvalue weighted by molar-refractivity contribution is 7.85. The van der Waals surface area contributed by atoms with E-state index in [0.717, 1.165) is 33.4 Å². The van der Waals surface area contributed by atoms with E-state index in [1.807, 2.05) is 62.4 Å². The highest BCUT2D eigenvalue weighted by atomic mass is 31.2. The molecule has 4 nitrogen and oxygen atoms in total. The van der Waals surface area contributed by atoms with Gasteiger partial charge >= 0.3 is 0 Å². The molecule has 0 saturated heterocycles. The lowest BCUT2D eigenvalue weighted by atomic mass is 9.91. The van der Waals surface area contributed by atoms with Crippen molar-refractivity contribution in [2.45, 2.75) is 13.8 Å². The minimum Gasteiger partial charge on any atom is -0.495 e. The molecule has 0 bridgehead atoms. The average Bonchev–Trinajstić information content (AvgIpc) is 3.19. The van der Waals surface area contributed by atoms with Gasteiger partial charge in [-0.1, -0.05) is 59.7 Å². The van der Waals surface area contributed by atoms with Crippen LogP contribution >= 0.6 is 7.37 Å². The van der Waals surface area contributed by atoms with Crippen molar-refractivity contribution < 1.29 is 14.2 Å². The van der Waals surface area contributed by atoms with Crippen LogP contribution in [0, 0.1) is 13.8 Å². The van der Waals surface area contributed by atoms with Crippen molar-refractivity contribution >= 4 is 23.7 Å². The number of aryl methyl sites for hydroxylation is 2. The summed E-state index contributed by atoms with van der Waals surface area (Å²) in [5.74, 6) is 0.444. The predicted molar refractivity (Wildman–Crippen MR) is 107 cm³/mol. The fourth-order valence-electron chi connectivity index (χ4n) is 3.46. The average molecular weight is 365 g/mol. The van der Waals surface area contributed by atoms with E-state index >= 15 is 0 Å². The Bertz CT molecular complexity index is 1070. The molecular weight excluding hydrogens is 345 g/mol. The SMILES string of the molecule is COc1c(-c2ccc(C)cc2)c(-c2ccc(C)cc2)c(N)c2c1P2(=O)O. The van der Waals surface area contributed by atoms with Crippen LogP contribution in [0.5, 0.6) is 5.75 Å². The van der Waals surface area contributed by atoms with Gasteiger partial charge in [-0.15, -0.1) is 0 Å². The van der Waals surface area contributed by atoms with E-state index in [1.54, 1.807) is 0 Å². The monoisotopic (exact) mass is 365 g/mol. The topological polar surface area (TPSA) is 72.5 Å². The summed E-state index contributed by atoms with van der Waals surface area (Å²) >= 11 is 0. The van der Waals surface area contributed by atoms with Crippen molar-refractivity contribution in [1.82, 2.24) is 0 Å². The normalized spacial score (nSPS) is 17.7. The number of fused-ring (bicyclic) bond motifs is 1. The number of ether oxygens (including phenoxy) is 1. The first-order valence-corrected chi connectivity index (χ1v) is 10.0. The van der Waals surface area contributed by atoms with Gasteiger partial charge in [0.15, 0.2) is 0 Å². The van der Waals surface area contributed by atoms with Crippen LogP contribution in [0.3, 0.4) is 0 Å². The number of nitrogen functional groups attached to an aromatic ring is 1. The Kier molecular flexibility index (Phi) is 3.72. The van der Waals surface area contributed by atoms with E-state index in [9.17, 15) is 9.46 Å². The first kappa shape index (κ1) is 16.9. The molecule has 1 heterocycles. The Morgan fingerprint density at radius 1 is 0.846 bits per heavy atom. The Balaban J connectivity index is 2.10. The minimum atomic E-state index is -3.54. The van der Waals surface area contributed by atoms with Gasteiger partial charge in [0.2, 0.25) is 0 Å². The lowest BCUT2D eigenvalue weighted by molar-refractivity contribution is 0.420. The Hall–Kier alpha value is -2.55. The Morgan fingerprint density at radius 2 is 1.31 bits per heavy atom. The molecule has 4 rings (SSSR count). The second-order valence-corrected chi connectivity index (χ2v) is 8.75. The lowest BCUT2D eigenvalue weighted by Gasteiger charge is -2.16. The number of benzene rings is 3. The van der Waals surface area contributed by atoms with Crippen molar-refractivity contribution in [2.75, 3.05) is 12.8 Å². The molecule has 3 N–H and O–H groups in total. The molecule has 5 heteroatoms. The van der Waals surface area contributed by atoms with Crippen molar-refractivity contribution in [3.05, 3.63) is 59.7 Å². The summed E-state index contributed by atoms with van der Waals surface area (Å²) in [6.07, 6.45) is 0. The molecule has 3 aromatic rings. The molecule has 26 heavy (non-hydrogen) atoms. The number of rotatable bonds is 3. The zero-order valence-electron chi connectivity index (χ0n) is 14.9. The zero-order chi connectivity index (χ0) is 18.6. The molecule has 3 aromatic carbocycles. The largest absolute Gasteiger partial charge is 0.495 e. The molecule has 0 spiro atoms. The van der Waals surface area contributed by atoms with E-state index < -0.39 is 7.37 Å². The number of hydrogen-bond acceptors (Lipinski definition) is 3. The summed E-state index contributed by atoms with van der Waals surface area (Å²) < 4.78 is 18.2. The fourth-order valence-corrected chi connectivity index (χ4v) is 5.30. The molecule has 0 aliphatic carbocycles. The second-order valence-electron chi connectivity index (χ2n) is 6.70. The maximum atomic E-state index is 12.6. The van der Waals surface area contributed by atoms with E-state index in [4.69, 9.17) is 10.5 Å². The Morgan fingerprint density at radius 3 is 1.77 bits per heavy atom. The van der Waals surface area contributed by atoms with Gasteiger partial charge in [-0.25, -0.2) is 0 Å². The van der Waals surface area contributed by atoms with Crippen molar-refractivity contribution in [3.63, 3.8) is 0 Å². The quantitative estimate of drug-likeness (QED) is 0.548. The molecule has 1 aliphatic rings. The molecular formula is C21H20NO3P. The standard InChI is InChI=1S/C21H20NO3P/c1-12-4-8-14(9-5-12)16-17(15-10-6-13(2)7-11-15)19(25-3)21-20(18(16)22)26(21,23)24/h4-11H,22H2,1-3H3,(H,23,24). The maximum absolute atomic E-state index is 12.6. The van der Waals surface area contributed by atoms with Crippen LogP contribution in [-0.2, 0) is 4.57 Å². The second kappa shape index (κ2) is 5.73. The lowest BCUT2D eigenvalue weighted by Crippen LogP contribution is -2.08. The summed E-state index contributed by atoms with van der Waals surface area (Å²) in [6.45, 7) is 4.04. The van der Waals surface area contributed by atoms with Crippen LogP contribution in [-0.4, -0.2) is 12.0 Å². The van der Waals surface area contributed by atoms with Crippen LogP contribution in [0.4, 0.5) is 5.69 Å². The Labute approximate surface area is 152 Å². The highest BCUT2D eigenvalue weighted by Gasteiger charge is 2.53. The summed E-state index contributed by atoms with van der Waals surface area (Å²) in [5, 5.41) is 0.685. The first-order chi connectivity index (χ1) is 12.4. The fraction of sp³-hybridized carbons (Fsp3) is 0.143. The zero-order valence-corrected chi connectivity index (χ0v) is 15.8. The van der Waals surface area contributed by atoms with Crippen LogP contribution in [0.25, 0.3) is 22.3 Å². The molecule has 0 fully saturated rings. The highest BCUT2D eigenvalue weighted by Crippen LogP contribution is 2.60. The third-order valence-electron chi connectivity index (χ3n) is 4.88. The third kappa shape index (κ3) is 2.38. The van der Waals surface area contributed by atoms with E-state index in [0.29, 0.717) is 22.0 Å². The summed E-state index contributed by atoms with van der Waals surface area (Å²) in [4.78, 5) is 10.3. The van der Waals surface area contributed by atoms with Gasteiger partial charge < -0.3 is 15.4 Å². The van der Waals surface area contributed by atoms with Gasteiger partial charge in [0.25, 0.3) is 7.37 Å². The van der Waals surface area contributed by atoms with Crippen LogP contribution in [0.1, 0.15) is 11.1 Å². The van der Waals surface area contributed by atoms with Crippen molar-refractivity contribution in [2.24, 2.45) is 0 Å². The molecule has 0 amide bonds. The molecule has 132 valence electrons. The number of anilines is 1. The summed E-state index contributed by atoms with van der Waals surface area (Å²) in [7, 11) is -2.01. The van der Waals surface area contributed by atoms with Crippen molar-refractivity contribution in [3.8, 4) is 28.0 Å². The number of methoxy groups -OCH3 is 1. The smallest absolute Gasteiger partial charge is 0.266 e.